The number of nitrogens with two attached hydrogens (primary N) is 2. The Kier molecular flexibility index (Phi) is 2.92. The number of hydrogen-bond acceptors (Lipinski definition) is 4. The van der Waals surface area contributed by atoms with Crippen LogP contribution in [0.1, 0.15) is 19.3 Å². The van der Waals surface area contributed by atoms with Crippen LogP contribution < -0.4 is 11.5 Å². The Morgan fingerprint density at radius 3 is 2.54 bits per heavy atom. The molecule has 76 valence electrons. The summed E-state index contributed by atoms with van der Waals surface area (Å²) in [5.74, 6) is -0.425. The van der Waals surface area contributed by atoms with Gasteiger partial charge in [-0.1, -0.05) is 0 Å². The maximum absolute atomic E-state index is 11.3. The number of hydrogen-bond donors (Lipinski definition) is 2. The van der Waals surface area contributed by atoms with E-state index in [9.17, 15) is 13.2 Å². The zero-order valence-corrected chi connectivity index (χ0v) is 8.09. The number of carbonyl (C=O) groups excluding carboxylic acids is 1. The van der Waals surface area contributed by atoms with E-state index >= 15 is 0 Å². The molecule has 0 aromatic rings. The quantitative estimate of drug-likeness (QED) is 0.603. The first-order valence-corrected chi connectivity index (χ1v) is 5.91. The van der Waals surface area contributed by atoms with Gasteiger partial charge in [-0.2, -0.15) is 0 Å². The Hall–Kier alpha value is -0.620. The highest BCUT2D eigenvalue weighted by molar-refractivity contribution is 7.92. The average molecular weight is 206 g/mol. The summed E-state index contributed by atoms with van der Waals surface area (Å²) in [7, 11) is -3.00. The van der Waals surface area contributed by atoms with Crippen LogP contribution in [-0.2, 0) is 14.6 Å². The van der Waals surface area contributed by atoms with Gasteiger partial charge in [0, 0.05) is 0 Å². The van der Waals surface area contributed by atoms with Crippen molar-refractivity contribution in [3.63, 3.8) is 0 Å². The van der Waals surface area contributed by atoms with Crippen LogP contribution in [0.4, 0.5) is 0 Å². The van der Waals surface area contributed by atoms with Crippen LogP contribution in [0.15, 0.2) is 0 Å². The largest absolute Gasteiger partial charge is 0.368 e. The van der Waals surface area contributed by atoms with E-state index in [1.54, 1.807) is 0 Å². The van der Waals surface area contributed by atoms with Crippen molar-refractivity contribution in [1.29, 1.82) is 0 Å². The van der Waals surface area contributed by atoms with Crippen molar-refractivity contribution in [1.82, 2.24) is 0 Å². The first-order chi connectivity index (χ1) is 5.93. The fourth-order valence-electron chi connectivity index (χ4n) is 1.52. The lowest BCUT2D eigenvalue weighted by molar-refractivity contribution is -0.119. The van der Waals surface area contributed by atoms with E-state index in [2.05, 4.69) is 0 Å². The zero-order valence-electron chi connectivity index (χ0n) is 7.27. The van der Waals surface area contributed by atoms with E-state index in [0.717, 1.165) is 0 Å². The van der Waals surface area contributed by atoms with Gasteiger partial charge in [0.15, 0.2) is 9.84 Å². The molecule has 2 atom stereocenters. The summed E-state index contributed by atoms with van der Waals surface area (Å²) in [6.45, 7) is 0. The van der Waals surface area contributed by atoms with Gasteiger partial charge in [0.2, 0.25) is 5.91 Å². The molecule has 1 amide bonds. The summed E-state index contributed by atoms with van der Waals surface area (Å²) in [6, 6.07) is -0.835. The molecule has 0 spiro atoms. The van der Waals surface area contributed by atoms with Crippen LogP contribution in [0.2, 0.25) is 0 Å². The zero-order chi connectivity index (χ0) is 10.1. The van der Waals surface area contributed by atoms with E-state index < -0.39 is 27.0 Å². The molecule has 2 unspecified atom stereocenters. The lowest BCUT2D eigenvalue weighted by atomic mass is 10.1. The molecule has 0 radical (unpaired) electrons. The molecule has 1 rings (SSSR count). The van der Waals surface area contributed by atoms with Gasteiger partial charge >= 0.3 is 0 Å². The van der Waals surface area contributed by atoms with Crippen molar-refractivity contribution in [2.75, 3.05) is 5.75 Å². The maximum Gasteiger partial charge on any atom is 0.234 e. The van der Waals surface area contributed by atoms with Crippen LogP contribution in [0.25, 0.3) is 0 Å². The van der Waals surface area contributed by atoms with Crippen LogP contribution in [0, 0.1) is 0 Å². The molecular formula is C7H14N2O3S. The fraction of sp³-hybridized carbons (Fsp3) is 0.857. The summed E-state index contributed by atoms with van der Waals surface area (Å²) in [6.07, 6.45) is 1.43. The second-order valence-electron chi connectivity index (χ2n) is 3.38. The number of amides is 1. The van der Waals surface area contributed by atoms with Crippen LogP contribution in [-0.4, -0.2) is 31.4 Å². The molecule has 0 aromatic heterocycles. The third kappa shape index (κ3) is 2.41. The number of primary amides is 1. The van der Waals surface area contributed by atoms with Gasteiger partial charge in [-0.05, 0) is 19.3 Å². The topological polar surface area (TPSA) is 103 Å². The molecule has 0 aromatic carbocycles. The summed E-state index contributed by atoms with van der Waals surface area (Å²) < 4.78 is 22.6. The Bertz CT molecular complexity index is 299. The molecule has 13 heavy (non-hydrogen) atoms. The minimum Gasteiger partial charge on any atom is -0.368 e. The second kappa shape index (κ2) is 3.63. The monoisotopic (exact) mass is 206 g/mol. The third-order valence-corrected chi connectivity index (χ3v) is 4.65. The predicted molar refractivity (Wildman–Crippen MR) is 48.6 cm³/mol. The van der Waals surface area contributed by atoms with Gasteiger partial charge in [-0.3, -0.25) is 4.79 Å². The van der Waals surface area contributed by atoms with Crippen molar-refractivity contribution in [2.24, 2.45) is 11.5 Å². The maximum atomic E-state index is 11.3. The van der Waals surface area contributed by atoms with Gasteiger partial charge in [-0.15, -0.1) is 0 Å². The molecule has 0 bridgehead atoms. The van der Waals surface area contributed by atoms with E-state index in [-0.39, 0.29) is 12.2 Å². The Labute approximate surface area is 77.4 Å². The molecule has 1 aliphatic heterocycles. The van der Waals surface area contributed by atoms with Crippen LogP contribution in [0.3, 0.4) is 0 Å². The molecule has 1 fully saturated rings. The minimum atomic E-state index is -3.00. The van der Waals surface area contributed by atoms with Gasteiger partial charge in [0.25, 0.3) is 0 Å². The molecule has 1 aliphatic rings. The summed E-state index contributed by atoms with van der Waals surface area (Å²) in [5, 5.41) is -0.463. The normalized spacial score (nSPS) is 28.5. The average Bonchev–Trinajstić information content (AvgIpc) is 2.30. The molecule has 0 aliphatic carbocycles. The first kappa shape index (κ1) is 10.5. The van der Waals surface area contributed by atoms with Gasteiger partial charge in [0.05, 0.1) is 17.0 Å². The molecule has 5 nitrogen and oxygen atoms in total. The second-order valence-corrected chi connectivity index (χ2v) is 5.78. The summed E-state index contributed by atoms with van der Waals surface area (Å²) in [4.78, 5) is 10.6. The lowest BCUT2D eigenvalue weighted by Gasteiger charge is -2.12. The van der Waals surface area contributed by atoms with Crippen molar-refractivity contribution in [3.8, 4) is 0 Å². The Morgan fingerprint density at radius 2 is 2.15 bits per heavy atom. The predicted octanol–water partition coefficient (Wildman–Crippen LogP) is -1.23. The lowest BCUT2D eigenvalue weighted by Crippen LogP contribution is -2.40. The van der Waals surface area contributed by atoms with E-state index in [1.165, 1.54) is 0 Å². The summed E-state index contributed by atoms with van der Waals surface area (Å²) >= 11 is 0. The van der Waals surface area contributed by atoms with Gasteiger partial charge < -0.3 is 11.5 Å². The molecule has 4 N–H and O–H groups in total. The Morgan fingerprint density at radius 1 is 1.54 bits per heavy atom. The highest BCUT2D eigenvalue weighted by atomic mass is 32.2. The van der Waals surface area contributed by atoms with Crippen molar-refractivity contribution < 1.29 is 13.2 Å². The van der Waals surface area contributed by atoms with Crippen molar-refractivity contribution in [3.05, 3.63) is 0 Å². The van der Waals surface area contributed by atoms with Gasteiger partial charge in [0.1, 0.15) is 0 Å². The van der Waals surface area contributed by atoms with Crippen LogP contribution in [0.5, 0.6) is 0 Å². The van der Waals surface area contributed by atoms with E-state index in [1.807, 2.05) is 0 Å². The SMILES string of the molecule is NC(=O)C(N)CC1CCCS1(=O)=O. The minimum absolute atomic E-state index is 0.164. The first-order valence-electron chi connectivity index (χ1n) is 4.20. The molecule has 1 heterocycles. The molecule has 0 saturated carbocycles. The fourth-order valence-corrected chi connectivity index (χ4v) is 3.45. The standard InChI is InChI=1S/C7H14N2O3S/c8-6(7(9)10)4-5-2-1-3-13(5,11)12/h5-6H,1-4,8H2,(H2,9,10). The Balaban J connectivity index is 2.60. The van der Waals surface area contributed by atoms with E-state index in [4.69, 9.17) is 11.5 Å². The smallest absolute Gasteiger partial charge is 0.234 e. The van der Waals surface area contributed by atoms with Crippen LogP contribution >= 0.6 is 0 Å². The third-order valence-electron chi connectivity index (χ3n) is 2.35. The molecule has 1 saturated heterocycles. The van der Waals surface area contributed by atoms with Crippen molar-refractivity contribution >= 4 is 15.7 Å². The number of rotatable bonds is 3. The number of carbonyl (C=O) groups is 1. The van der Waals surface area contributed by atoms with Gasteiger partial charge in [-0.25, -0.2) is 8.42 Å². The van der Waals surface area contributed by atoms with Crippen molar-refractivity contribution in [2.45, 2.75) is 30.6 Å². The highest BCUT2D eigenvalue weighted by Gasteiger charge is 2.33. The highest BCUT2D eigenvalue weighted by Crippen LogP contribution is 2.23. The molecule has 6 heteroatoms. The number of sulfone groups is 1. The summed E-state index contributed by atoms with van der Waals surface area (Å²) in [5.41, 5.74) is 10.3. The molecular weight excluding hydrogens is 192 g/mol. The van der Waals surface area contributed by atoms with E-state index in [0.29, 0.717) is 12.8 Å².